The molecule has 140 valence electrons. The van der Waals surface area contributed by atoms with E-state index in [9.17, 15) is 4.79 Å². The highest BCUT2D eigenvalue weighted by molar-refractivity contribution is 5.78. The Morgan fingerprint density at radius 1 is 1.19 bits per heavy atom. The van der Waals surface area contributed by atoms with E-state index in [0.717, 1.165) is 5.69 Å². The summed E-state index contributed by atoms with van der Waals surface area (Å²) in [6, 6.07) is 10.9. The number of piperazine rings is 1. The van der Waals surface area contributed by atoms with Crippen LogP contribution in [0.5, 0.6) is 11.5 Å². The second-order valence-electron chi connectivity index (χ2n) is 6.11. The minimum atomic E-state index is -0.0802. The molecule has 0 aliphatic carbocycles. The Bertz CT molecular complexity index is 857. The summed E-state index contributed by atoms with van der Waals surface area (Å²) in [6.45, 7) is 4.10. The van der Waals surface area contributed by atoms with Gasteiger partial charge in [-0.25, -0.2) is 9.97 Å². The smallest absolute Gasteiger partial charge is 0.260 e. The van der Waals surface area contributed by atoms with Gasteiger partial charge < -0.3 is 19.3 Å². The fourth-order valence-electron chi connectivity index (χ4n) is 2.88. The van der Waals surface area contributed by atoms with Gasteiger partial charge in [-0.05, 0) is 25.1 Å². The van der Waals surface area contributed by atoms with Gasteiger partial charge in [0.25, 0.3) is 5.91 Å². The molecule has 0 radical (unpaired) electrons. The molecule has 8 nitrogen and oxygen atoms in total. The second-order valence-corrected chi connectivity index (χ2v) is 6.11. The first-order valence-corrected chi connectivity index (χ1v) is 8.65. The molecule has 1 fully saturated rings. The number of nitriles is 1. The molecule has 8 heteroatoms. The molecule has 27 heavy (non-hydrogen) atoms. The van der Waals surface area contributed by atoms with E-state index in [1.54, 1.807) is 30.2 Å². The number of nitrogens with zero attached hydrogens (tertiary/aromatic N) is 5. The summed E-state index contributed by atoms with van der Waals surface area (Å²) in [6.07, 6.45) is 0. The van der Waals surface area contributed by atoms with Crippen LogP contribution < -0.4 is 14.4 Å². The van der Waals surface area contributed by atoms with Crippen molar-refractivity contribution in [1.29, 1.82) is 5.26 Å². The molecule has 1 aliphatic rings. The Balaban J connectivity index is 1.55. The molecule has 3 rings (SSSR count). The number of benzene rings is 1. The minimum absolute atomic E-state index is 0.0418. The Morgan fingerprint density at radius 3 is 2.56 bits per heavy atom. The van der Waals surface area contributed by atoms with Crippen molar-refractivity contribution >= 4 is 11.9 Å². The number of carbonyl (C=O) groups is 1. The third-order valence-electron chi connectivity index (χ3n) is 4.29. The van der Waals surface area contributed by atoms with Gasteiger partial charge in [0.1, 0.15) is 11.8 Å². The second kappa shape index (κ2) is 8.36. The maximum atomic E-state index is 12.4. The van der Waals surface area contributed by atoms with E-state index in [1.807, 2.05) is 30.0 Å². The van der Waals surface area contributed by atoms with E-state index in [4.69, 9.17) is 14.7 Å². The SMILES string of the molecule is COc1ccccc1OCC(=O)N1CCN(c2nc(C)cc(C#N)n2)CC1. The molecule has 0 spiro atoms. The van der Waals surface area contributed by atoms with Crippen molar-refractivity contribution in [3.63, 3.8) is 0 Å². The van der Waals surface area contributed by atoms with Crippen LogP contribution in [0, 0.1) is 18.3 Å². The third kappa shape index (κ3) is 4.44. The standard InChI is InChI=1S/C19H21N5O3/c1-14-11-15(12-20)22-19(21-14)24-9-7-23(8-10-24)18(25)13-27-17-6-4-3-5-16(17)26-2/h3-6,11H,7-10,13H2,1-2H3. The number of ether oxygens (including phenoxy) is 2. The quantitative estimate of drug-likeness (QED) is 0.788. The monoisotopic (exact) mass is 367 g/mol. The zero-order valence-electron chi connectivity index (χ0n) is 15.4. The van der Waals surface area contributed by atoms with E-state index < -0.39 is 0 Å². The van der Waals surface area contributed by atoms with E-state index in [0.29, 0.717) is 49.3 Å². The third-order valence-corrected chi connectivity index (χ3v) is 4.29. The molecule has 1 aromatic carbocycles. The summed E-state index contributed by atoms with van der Waals surface area (Å²) in [5.74, 6) is 1.59. The first kappa shape index (κ1) is 18.5. The van der Waals surface area contributed by atoms with Gasteiger partial charge in [-0.15, -0.1) is 0 Å². The molecular formula is C19H21N5O3. The van der Waals surface area contributed by atoms with Gasteiger partial charge in [-0.2, -0.15) is 5.26 Å². The Morgan fingerprint density at radius 2 is 1.89 bits per heavy atom. The zero-order chi connectivity index (χ0) is 19.2. The topological polar surface area (TPSA) is 91.6 Å². The zero-order valence-corrected chi connectivity index (χ0v) is 15.4. The Kier molecular flexibility index (Phi) is 5.71. The fraction of sp³-hybridized carbons (Fsp3) is 0.368. The number of aromatic nitrogens is 2. The summed E-state index contributed by atoms with van der Waals surface area (Å²) in [5, 5.41) is 9.06. The molecular weight excluding hydrogens is 346 g/mol. The number of carbonyl (C=O) groups excluding carboxylic acids is 1. The van der Waals surface area contributed by atoms with Crippen LogP contribution in [0.1, 0.15) is 11.4 Å². The fourth-order valence-corrected chi connectivity index (χ4v) is 2.88. The van der Waals surface area contributed by atoms with Crippen LogP contribution in [0.25, 0.3) is 0 Å². The number of hydrogen-bond acceptors (Lipinski definition) is 7. The summed E-state index contributed by atoms with van der Waals surface area (Å²) >= 11 is 0. The van der Waals surface area contributed by atoms with Gasteiger partial charge >= 0.3 is 0 Å². The van der Waals surface area contributed by atoms with Crippen molar-refractivity contribution in [2.75, 3.05) is 44.8 Å². The molecule has 1 amide bonds. The van der Waals surface area contributed by atoms with E-state index in [-0.39, 0.29) is 12.5 Å². The van der Waals surface area contributed by atoms with Gasteiger partial charge in [0.05, 0.1) is 7.11 Å². The molecule has 0 atom stereocenters. The van der Waals surface area contributed by atoms with E-state index in [2.05, 4.69) is 9.97 Å². The molecule has 1 aliphatic heterocycles. The van der Waals surface area contributed by atoms with Crippen molar-refractivity contribution < 1.29 is 14.3 Å². The molecule has 1 saturated heterocycles. The normalized spacial score (nSPS) is 13.8. The lowest BCUT2D eigenvalue weighted by atomic mass is 10.3. The molecule has 0 saturated carbocycles. The average Bonchev–Trinajstić information content (AvgIpc) is 2.71. The van der Waals surface area contributed by atoms with Crippen molar-refractivity contribution in [1.82, 2.24) is 14.9 Å². The van der Waals surface area contributed by atoms with E-state index >= 15 is 0 Å². The van der Waals surface area contributed by atoms with Gasteiger partial charge in [-0.1, -0.05) is 12.1 Å². The predicted octanol–water partition coefficient (Wildman–Crippen LogP) is 1.39. The van der Waals surface area contributed by atoms with Crippen molar-refractivity contribution in [3.8, 4) is 17.6 Å². The van der Waals surface area contributed by atoms with Gasteiger partial charge in [0.2, 0.25) is 5.95 Å². The molecule has 2 heterocycles. The van der Waals surface area contributed by atoms with Gasteiger partial charge in [0, 0.05) is 31.9 Å². The van der Waals surface area contributed by atoms with Crippen molar-refractivity contribution in [2.24, 2.45) is 0 Å². The van der Waals surface area contributed by atoms with Crippen molar-refractivity contribution in [2.45, 2.75) is 6.92 Å². The largest absolute Gasteiger partial charge is 0.493 e. The first-order valence-electron chi connectivity index (χ1n) is 8.65. The van der Waals surface area contributed by atoms with Crippen LogP contribution in [-0.4, -0.2) is 60.7 Å². The lowest BCUT2D eigenvalue weighted by molar-refractivity contribution is -0.133. The number of aryl methyl sites for hydroxylation is 1. The highest BCUT2D eigenvalue weighted by atomic mass is 16.5. The van der Waals surface area contributed by atoms with Crippen LogP contribution >= 0.6 is 0 Å². The number of amides is 1. The molecule has 2 aromatic rings. The van der Waals surface area contributed by atoms with Crippen LogP contribution in [-0.2, 0) is 4.79 Å². The Labute approximate surface area is 158 Å². The number of anilines is 1. The highest BCUT2D eigenvalue weighted by Gasteiger charge is 2.23. The lowest BCUT2D eigenvalue weighted by Crippen LogP contribution is -2.50. The van der Waals surface area contributed by atoms with Crippen LogP contribution in [0.4, 0.5) is 5.95 Å². The molecule has 0 N–H and O–H groups in total. The van der Waals surface area contributed by atoms with Gasteiger partial charge in [-0.3, -0.25) is 4.79 Å². The molecule has 1 aromatic heterocycles. The first-order chi connectivity index (χ1) is 13.1. The average molecular weight is 367 g/mol. The van der Waals surface area contributed by atoms with Crippen molar-refractivity contribution in [3.05, 3.63) is 41.7 Å². The number of rotatable bonds is 5. The summed E-state index contributed by atoms with van der Waals surface area (Å²) in [4.78, 5) is 24.8. The van der Waals surface area contributed by atoms with Crippen LogP contribution in [0.15, 0.2) is 30.3 Å². The van der Waals surface area contributed by atoms with Gasteiger partial charge in [0.15, 0.2) is 18.1 Å². The molecule has 0 unspecified atom stereocenters. The predicted molar refractivity (Wildman–Crippen MR) is 98.8 cm³/mol. The number of para-hydroxylation sites is 2. The highest BCUT2D eigenvalue weighted by Crippen LogP contribution is 2.25. The summed E-state index contributed by atoms with van der Waals surface area (Å²) in [5.41, 5.74) is 1.10. The maximum absolute atomic E-state index is 12.4. The molecule has 0 bridgehead atoms. The minimum Gasteiger partial charge on any atom is -0.493 e. The summed E-state index contributed by atoms with van der Waals surface area (Å²) in [7, 11) is 1.56. The van der Waals surface area contributed by atoms with Crippen LogP contribution in [0.2, 0.25) is 0 Å². The lowest BCUT2D eigenvalue weighted by Gasteiger charge is -2.34. The number of methoxy groups -OCH3 is 1. The Hall–Kier alpha value is -3.34. The van der Waals surface area contributed by atoms with Crippen LogP contribution in [0.3, 0.4) is 0 Å². The number of hydrogen-bond donors (Lipinski definition) is 0. The summed E-state index contributed by atoms with van der Waals surface area (Å²) < 4.78 is 10.8. The van der Waals surface area contributed by atoms with E-state index in [1.165, 1.54) is 0 Å². The maximum Gasteiger partial charge on any atom is 0.260 e.